The average molecular weight is 1460 g/mol. The van der Waals surface area contributed by atoms with Gasteiger partial charge in [0.1, 0.15) is 25.4 Å². The molecule has 0 fully saturated rings. The zero-order valence-electron chi connectivity index (χ0n) is 63.3. The molecular weight excluding hydrogens is 1310 g/mol. The Kier molecular flexibility index (Phi) is 72.2. The lowest BCUT2D eigenvalue weighted by atomic mass is 10.0. The first-order chi connectivity index (χ1) is 49.2. The third-order valence-corrected chi connectivity index (χ3v) is 18.2. The number of aliphatic hydroxyl groups is 2. The summed E-state index contributed by atoms with van der Waals surface area (Å²) in [5.74, 6) is -1.65. The molecule has 0 heterocycles. The summed E-state index contributed by atoms with van der Waals surface area (Å²) in [6.07, 6.45) is 91.2. The minimum absolute atomic E-state index is 0.0806. The fourth-order valence-corrected chi connectivity index (χ4v) is 12.0. The smallest absolute Gasteiger partial charge is 0.463 e. The van der Waals surface area contributed by atoms with Crippen LogP contribution in [0.2, 0.25) is 0 Å². The van der Waals surface area contributed by atoms with Crippen molar-refractivity contribution in [3.05, 3.63) is 134 Å². The molecule has 5 atom stereocenters. The predicted octanol–water partition coefficient (Wildman–Crippen LogP) is 23.1. The van der Waals surface area contributed by atoms with Crippen molar-refractivity contribution in [3.8, 4) is 0 Å². The quantitative estimate of drug-likeness (QED) is 0.0146. The molecule has 0 spiro atoms. The van der Waals surface area contributed by atoms with E-state index in [1.807, 2.05) is 12.2 Å². The van der Waals surface area contributed by atoms with Gasteiger partial charge in [-0.25, -0.2) is 9.13 Å². The molecule has 0 rings (SSSR count). The largest absolute Gasteiger partial charge is 0.472 e. The highest BCUT2D eigenvalue weighted by atomic mass is 31.2. The molecule has 0 aromatic rings. The summed E-state index contributed by atoms with van der Waals surface area (Å²) in [5, 5.41) is 20.6. The molecule has 18 heteroatoms. The number of unbranched alkanes of at least 4 members (excludes halogenated alkanes) is 29. The zero-order chi connectivity index (χ0) is 73.7. The van der Waals surface area contributed by atoms with Crippen LogP contribution in [0.3, 0.4) is 0 Å². The highest BCUT2D eigenvalue weighted by Gasteiger charge is 2.29. The molecule has 0 aliphatic carbocycles. The topological polar surface area (TPSA) is 231 Å². The van der Waals surface area contributed by atoms with Gasteiger partial charge in [0.05, 0.1) is 26.4 Å². The minimum atomic E-state index is -4.94. The predicted molar refractivity (Wildman–Crippen MR) is 417 cm³/mol. The molecule has 0 radical (unpaired) electrons. The first kappa shape index (κ1) is 96.7. The standard InChI is InChI=1S/C83H142O16P2/c1-4-7-10-13-16-19-22-25-27-29-30-31-32-33-34-35-36-37-38-39-40-41-42-43-44-45-46-48-50-52-54-57-60-63-66-69-81(86)93-72-78(84)73-95-100(89,90)96-74-79(85)75-97-101(91,92)98-77-80(99-83(88)71-68-65-62-59-56-51-24-21-18-15-12-9-6-3)76-94-82(87)70-67-64-61-58-55-53-49-47-28-26-23-20-17-14-11-8-5-2/h7-8,10-11,16-17,19-21,24-28,30-31,33-34,49,53,58,61,78-80,84-85H,4-6,9,12-15,18,22-23,29,32,35-48,50-52,54-57,59-60,62-77H2,1-3H3,(H,89,90)(H,91,92)/b10-7-,11-8-,19-16-,20-17-,24-21-,27-25-,28-26-,31-30-,34-33-,53-49-,61-58-. The molecule has 5 unspecified atom stereocenters. The number of ether oxygens (including phenoxy) is 3. The second-order valence-corrected chi connectivity index (χ2v) is 29.0. The SMILES string of the molecule is CC/C=C\C/C=C\C/C=C\C/C=C\C/C=C\CCCCCCCCCCCCCCCCCCCCCC(=O)OCC(O)COP(=O)(O)OCC(O)COP(=O)(O)OCC(COC(=O)CCC/C=C\C/C=C\C/C=C\C/C=C\C/C=C\CC)OC(=O)CCCCCCC/C=C\CCCCCC. The van der Waals surface area contributed by atoms with Crippen LogP contribution in [-0.2, 0) is 55.8 Å². The van der Waals surface area contributed by atoms with Crippen LogP contribution in [0.15, 0.2) is 134 Å². The first-order valence-corrected chi connectivity index (χ1v) is 42.5. The first-order valence-electron chi connectivity index (χ1n) is 39.5. The van der Waals surface area contributed by atoms with Crippen LogP contribution in [0.5, 0.6) is 0 Å². The van der Waals surface area contributed by atoms with Crippen LogP contribution < -0.4 is 0 Å². The Labute approximate surface area is 614 Å². The van der Waals surface area contributed by atoms with E-state index in [-0.39, 0.29) is 19.3 Å². The van der Waals surface area contributed by atoms with Crippen LogP contribution in [-0.4, -0.2) is 95.9 Å². The second kappa shape index (κ2) is 75.4. The maximum atomic E-state index is 12.9. The molecule has 0 aromatic carbocycles. The lowest BCUT2D eigenvalue weighted by Crippen LogP contribution is -2.30. The van der Waals surface area contributed by atoms with Gasteiger partial charge in [-0.1, -0.05) is 302 Å². The van der Waals surface area contributed by atoms with E-state index < -0.39 is 91.5 Å². The molecule has 0 amide bonds. The van der Waals surface area contributed by atoms with Crippen molar-refractivity contribution in [3.63, 3.8) is 0 Å². The van der Waals surface area contributed by atoms with Crippen molar-refractivity contribution in [2.24, 2.45) is 0 Å². The van der Waals surface area contributed by atoms with Crippen LogP contribution in [0, 0.1) is 0 Å². The molecule has 0 saturated carbocycles. The van der Waals surface area contributed by atoms with E-state index in [0.717, 1.165) is 122 Å². The van der Waals surface area contributed by atoms with E-state index in [0.29, 0.717) is 25.7 Å². The Hall–Kier alpha value is -4.31. The van der Waals surface area contributed by atoms with Gasteiger partial charge in [0, 0.05) is 19.3 Å². The van der Waals surface area contributed by atoms with E-state index >= 15 is 0 Å². The number of esters is 3. The Morgan fingerprint density at radius 1 is 0.287 bits per heavy atom. The molecule has 0 aromatic heterocycles. The molecule has 16 nitrogen and oxygen atoms in total. The highest BCUT2D eigenvalue weighted by Crippen LogP contribution is 2.45. The number of allylic oxidation sites excluding steroid dienone is 22. The third-order valence-electron chi connectivity index (χ3n) is 16.3. The van der Waals surface area contributed by atoms with Crippen molar-refractivity contribution in [1.29, 1.82) is 0 Å². The highest BCUT2D eigenvalue weighted by molar-refractivity contribution is 7.47. The molecule has 0 bridgehead atoms. The number of hydrogen-bond acceptors (Lipinski definition) is 14. The average Bonchev–Trinajstić information content (AvgIpc) is 0.940. The van der Waals surface area contributed by atoms with E-state index in [9.17, 15) is 43.5 Å². The molecule has 0 saturated heterocycles. The number of phosphoric ester groups is 2. The van der Waals surface area contributed by atoms with E-state index in [1.54, 1.807) is 0 Å². The fraction of sp³-hybridized carbons (Fsp3) is 0.699. The van der Waals surface area contributed by atoms with Gasteiger partial charge < -0.3 is 34.2 Å². The number of carbonyl (C=O) groups is 3. The Morgan fingerprint density at radius 3 is 0.881 bits per heavy atom. The van der Waals surface area contributed by atoms with Crippen molar-refractivity contribution in [1.82, 2.24) is 0 Å². The molecular formula is C83H142O16P2. The lowest BCUT2D eigenvalue weighted by molar-refractivity contribution is -0.161. The number of carbonyl (C=O) groups excluding carboxylic acids is 3. The van der Waals surface area contributed by atoms with Crippen molar-refractivity contribution in [2.75, 3.05) is 39.6 Å². The van der Waals surface area contributed by atoms with Gasteiger partial charge in [-0.3, -0.25) is 32.5 Å². The van der Waals surface area contributed by atoms with Gasteiger partial charge in [-0.2, -0.15) is 0 Å². The fourth-order valence-electron chi connectivity index (χ4n) is 10.4. The molecule has 101 heavy (non-hydrogen) atoms. The number of phosphoric acid groups is 2. The number of hydrogen-bond donors (Lipinski definition) is 4. The maximum absolute atomic E-state index is 12.9. The van der Waals surface area contributed by atoms with E-state index in [1.165, 1.54) is 128 Å². The molecule has 0 aliphatic heterocycles. The van der Waals surface area contributed by atoms with Gasteiger partial charge in [0.15, 0.2) is 6.10 Å². The summed E-state index contributed by atoms with van der Waals surface area (Å²) in [6.45, 7) is 2.36. The zero-order valence-corrected chi connectivity index (χ0v) is 65.1. The van der Waals surface area contributed by atoms with Gasteiger partial charge >= 0.3 is 33.6 Å². The van der Waals surface area contributed by atoms with Gasteiger partial charge in [-0.15, -0.1) is 0 Å². The van der Waals surface area contributed by atoms with Crippen LogP contribution in [0.25, 0.3) is 0 Å². The Bertz CT molecular complexity index is 2370. The summed E-state index contributed by atoms with van der Waals surface area (Å²) >= 11 is 0. The van der Waals surface area contributed by atoms with E-state index in [2.05, 4.69) is 142 Å². The van der Waals surface area contributed by atoms with Gasteiger partial charge in [-0.05, 0) is 128 Å². The van der Waals surface area contributed by atoms with Crippen molar-refractivity contribution in [2.45, 2.75) is 334 Å². The minimum Gasteiger partial charge on any atom is -0.463 e. The Balaban J connectivity index is 4.37. The maximum Gasteiger partial charge on any atom is 0.472 e. The third kappa shape index (κ3) is 76.6. The summed E-state index contributed by atoms with van der Waals surface area (Å²) in [5.41, 5.74) is 0. The molecule has 580 valence electrons. The summed E-state index contributed by atoms with van der Waals surface area (Å²) in [4.78, 5) is 58.5. The number of aliphatic hydroxyl groups excluding tert-OH is 2. The van der Waals surface area contributed by atoms with Crippen LogP contribution in [0.1, 0.15) is 316 Å². The van der Waals surface area contributed by atoms with Crippen molar-refractivity contribution < 1.29 is 75.8 Å². The van der Waals surface area contributed by atoms with Crippen molar-refractivity contribution >= 4 is 33.6 Å². The molecule has 4 N–H and O–H groups in total. The summed E-state index contributed by atoms with van der Waals surface area (Å²) in [7, 11) is -9.80. The van der Waals surface area contributed by atoms with Gasteiger partial charge in [0.25, 0.3) is 0 Å². The Morgan fingerprint density at radius 2 is 0.535 bits per heavy atom. The lowest BCUT2D eigenvalue weighted by Gasteiger charge is -2.21. The second-order valence-electron chi connectivity index (χ2n) is 26.1. The molecule has 0 aliphatic rings. The summed E-state index contributed by atoms with van der Waals surface area (Å²) in [6, 6.07) is 0. The normalized spacial score (nSPS) is 14.7. The van der Waals surface area contributed by atoms with Crippen LogP contribution >= 0.6 is 15.6 Å². The summed E-state index contributed by atoms with van der Waals surface area (Å²) < 4.78 is 61.0. The van der Waals surface area contributed by atoms with E-state index in [4.69, 9.17) is 32.3 Å². The van der Waals surface area contributed by atoms with Crippen LogP contribution in [0.4, 0.5) is 0 Å². The monoisotopic (exact) mass is 1460 g/mol. The van der Waals surface area contributed by atoms with Gasteiger partial charge in [0.2, 0.25) is 0 Å². The number of rotatable bonds is 74.